The van der Waals surface area contributed by atoms with E-state index in [2.05, 4.69) is 15.5 Å². The zero-order chi connectivity index (χ0) is 13.7. The average Bonchev–Trinajstić information content (AvgIpc) is 3.13. The van der Waals surface area contributed by atoms with Crippen LogP contribution in [0.1, 0.15) is 31.7 Å². The summed E-state index contributed by atoms with van der Waals surface area (Å²) < 4.78 is 15.4. The van der Waals surface area contributed by atoms with Crippen molar-refractivity contribution in [3.63, 3.8) is 0 Å². The molecule has 20 heavy (non-hydrogen) atoms. The number of nitrogens with zero attached hydrogens (tertiary/aromatic N) is 4. The maximum Gasteiger partial charge on any atom is 0.182 e. The van der Waals surface area contributed by atoms with Gasteiger partial charge in [-0.2, -0.15) is 0 Å². The van der Waals surface area contributed by atoms with E-state index in [1.807, 2.05) is 4.68 Å². The second kappa shape index (κ2) is 4.26. The predicted molar refractivity (Wildman–Crippen MR) is 72.1 cm³/mol. The molecule has 5 nitrogen and oxygen atoms in total. The minimum Gasteiger partial charge on any atom is -0.399 e. The maximum absolute atomic E-state index is 13.5. The fraction of sp³-hybridized carbons (Fsp3) is 0.500. The van der Waals surface area contributed by atoms with Crippen molar-refractivity contribution in [2.45, 2.75) is 31.7 Å². The molecule has 0 saturated heterocycles. The van der Waals surface area contributed by atoms with Crippen LogP contribution >= 0.6 is 0 Å². The number of tetrazole rings is 1. The zero-order valence-electron chi connectivity index (χ0n) is 11.0. The molecule has 2 bridgehead atoms. The Balaban J connectivity index is 1.75. The molecule has 2 saturated carbocycles. The maximum atomic E-state index is 13.5. The number of nitrogen functional groups attached to an aromatic ring is 1. The van der Waals surface area contributed by atoms with Gasteiger partial charge in [0.25, 0.3) is 0 Å². The van der Waals surface area contributed by atoms with Crippen molar-refractivity contribution in [1.29, 1.82) is 0 Å². The fourth-order valence-corrected chi connectivity index (χ4v) is 3.86. The Kier molecular flexibility index (Phi) is 2.52. The van der Waals surface area contributed by atoms with E-state index in [4.69, 9.17) is 5.73 Å². The number of aromatic nitrogens is 4. The van der Waals surface area contributed by atoms with Crippen LogP contribution in [-0.4, -0.2) is 20.2 Å². The lowest BCUT2D eigenvalue weighted by Gasteiger charge is -2.22. The van der Waals surface area contributed by atoms with E-state index in [9.17, 15) is 4.39 Å². The number of benzene rings is 1. The van der Waals surface area contributed by atoms with Crippen molar-refractivity contribution in [3.05, 3.63) is 24.0 Å². The molecule has 2 aliphatic carbocycles. The van der Waals surface area contributed by atoms with Crippen LogP contribution in [0.2, 0.25) is 0 Å². The molecule has 3 unspecified atom stereocenters. The lowest BCUT2D eigenvalue weighted by molar-refractivity contribution is 0.304. The number of anilines is 1. The van der Waals surface area contributed by atoms with Crippen molar-refractivity contribution in [1.82, 2.24) is 20.2 Å². The van der Waals surface area contributed by atoms with Crippen LogP contribution in [-0.2, 0) is 0 Å². The van der Waals surface area contributed by atoms with Gasteiger partial charge in [-0.05, 0) is 59.7 Å². The molecule has 2 aromatic rings. The van der Waals surface area contributed by atoms with Crippen LogP contribution < -0.4 is 5.73 Å². The first-order valence-corrected chi connectivity index (χ1v) is 7.05. The minimum absolute atomic E-state index is 0.350. The number of fused-ring (bicyclic) bond motifs is 2. The molecule has 2 fully saturated rings. The predicted octanol–water partition coefficient (Wildman–Crippen LogP) is 2.42. The fourth-order valence-electron chi connectivity index (χ4n) is 3.86. The minimum atomic E-state index is -0.359. The van der Waals surface area contributed by atoms with E-state index in [0.29, 0.717) is 29.0 Å². The SMILES string of the molecule is Nc1cc(F)cc(-c2nnnn2C2CC3CCC2C3)c1. The van der Waals surface area contributed by atoms with Crippen LogP contribution in [0.25, 0.3) is 11.4 Å². The Bertz CT molecular complexity index is 633. The lowest BCUT2D eigenvalue weighted by Crippen LogP contribution is -2.18. The van der Waals surface area contributed by atoms with Crippen LogP contribution in [0.15, 0.2) is 18.2 Å². The molecule has 0 aliphatic heterocycles. The van der Waals surface area contributed by atoms with Gasteiger partial charge in [0.2, 0.25) is 0 Å². The molecule has 0 radical (unpaired) electrons. The number of rotatable bonds is 2. The molecular formula is C14H16FN5. The Morgan fingerprint density at radius 3 is 2.80 bits per heavy atom. The van der Waals surface area contributed by atoms with E-state index in [1.54, 1.807) is 6.07 Å². The lowest BCUT2D eigenvalue weighted by atomic mass is 9.95. The molecular weight excluding hydrogens is 257 g/mol. The van der Waals surface area contributed by atoms with Gasteiger partial charge in [0.1, 0.15) is 5.82 Å². The summed E-state index contributed by atoms with van der Waals surface area (Å²) in [6.45, 7) is 0. The Morgan fingerprint density at radius 1 is 1.20 bits per heavy atom. The number of nitrogens with two attached hydrogens (primary N) is 1. The summed E-state index contributed by atoms with van der Waals surface area (Å²) in [6.07, 6.45) is 4.98. The van der Waals surface area contributed by atoms with E-state index < -0.39 is 0 Å². The molecule has 1 heterocycles. The third-order valence-electron chi connectivity index (χ3n) is 4.69. The zero-order valence-corrected chi connectivity index (χ0v) is 11.0. The number of hydrogen-bond donors (Lipinski definition) is 1. The highest BCUT2D eigenvalue weighted by atomic mass is 19.1. The van der Waals surface area contributed by atoms with Gasteiger partial charge in [0, 0.05) is 11.3 Å². The highest BCUT2D eigenvalue weighted by Gasteiger charge is 2.42. The van der Waals surface area contributed by atoms with Crippen LogP contribution in [0.3, 0.4) is 0 Å². The van der Waals surface area contributed by atoms with Gasteiger partial charge in [-0.25, -0.2) is 9.07 Å². The van der Waals surface area contributed by atoms with Crippen LogP contribution in [0.5, 0.6) is 0 Å². The van der Waals surface area contributed by atoms with Crippen LogP contribution in [0, 0.1) is 17.7 Å². The Morgan fingerprint density at radius 2 is 2.10 bits per heavy atom. The molecule has 1 aromatic heterocycles. The van der Waals surface area contributed by atoms with Crippen molar-refractivity contribution in [2.75, 3.05) is 5.73 Å². The number of halogens is 1. The smallest absolute Gasteiger partial charge is 0.182 e. The van der Waals surface area contributed by atoms with Crippen molar-refractivity contribution in [2.24, 2.45) is 11.8 Å². The highest BCUT2D eigenvalue weighted by molar-refractivity contribution is 5.61. The highest BCUT2D eigenvalue weighted by Crippen LogP contribution is 2.51. The summed E-state index contributed by atoms with van der Waals surface area (Å²) in [5.74, 6) is 1.73. The standard InChI is InChI=1S/C14H16FN5/c15-11-5-10(6-12(16)7-11)14-17-18-19-20(14)13-4-8-1-2-9(13)3-8/h5-9,13H,1-4,16H2. The summed E-state index contributed by atoms with van der Waals surface area (Å²) in [5.41, 5.74) is 6.75. The first-order chi connectivity index (χ1) is 9.70. The summed E-state index contributed by atoms with van der Waals surface area (Å²) in [4.78, 5) is 0. The molecule has 2 aliphatic rings. The summed E-state index contributed by atoms with van der Waals surface area (Å²) in [6, 6.07) is 4.81. The van der Waals surface area contributed by atoms with E-state index in [0.717, 1.165) is 12.3 Å². The molecule has 2 N–H and O–H groups in total. The van der Waals surface area contributed by atoms with Gasteiger partial charge < -0.3 is 5.73 Å². The van der Waals surface area contributed by atoms with Gasteiger partial charge in [-0.1, -0.05) is 6.42 Å². The summed E-state index contributed by atoms with van der Waals surface area (Å²) in [5, 5.41) is 12.0. The van der Waals surface area contributed by atoms with E-state index in [-0.39, 0.29) is 5.82 Å². The van der Waals surface area contributed by atoms with Crippen molar-refractivity contribution >= 4 is 5.69 Å². The summed E-state index contributed by atoms with van der Waals surface area (Å²) >= 11 is 0. The van der Waals surface area contributed by atoms with Gasteiger partial charge >= 0.3 is 0 Å². The summed E-state index contributed by atoms with van der Waals surface area (Å²) in [7, 11) is 0. The first kappa shape index (κ1) is 11.8. The molecule has 1 aromatic carbocycles. The van der Waals surface area contributed by atoms with Crippen molar-refractivity contribution < 1.29 is 4.39 Å². The van der Waals surface area contributed by atoms with Gasteiger partial charge in [0.05, 0.1) is 6.04 Å². The quantitative estimate of drug-likeness (QED) is 0.853. The third kappa shape index (κ3) is 1.78. The van der Waals surface area contributed by atoms with Crippen molar-refractivity contribution in [3.8, 4) is 11.4 Å². The molecule has 4 rings (SSSR count). The van der Waals surface area contributed by atoms with Gasteiger partial charge in [-0.3, -0.25) is 0 Å². The monoisotopic (exact) mass is 273 g/mol. The number of hydrogen-bond acceptors (Lipinski definition) is 4. The first-order valence-electron chi connectivity index (χ1n) is 7.05. The molecule has 104 valence electrons. The second-order valence-electron chi connectivity index (χ2n) is 5.96. The topological polar surface area (TPSA) is 69.6 Å². The largest absolute Gasteiger partial charge is 0.399 e. The molecule has 6 heteroatoms. The normalized spacial score (nSPS) is 28.1. The Labute approximate surface area is 116 Å². The van der Waals surface area contributed by atoms with Gasteiger partial charge in [0.15, 0.2) is 5.82 Å². The van der Waals surface area contributed by atoms with E-state index >= 15 is 0 Å². The third-order valence-corrected chi connectivity index (χ3v) is 4.69. The molecule has 0 amide bonds. The molecule has 3 atom stereocenters. The van der Waals surface area contributed by atoms with E-state index in [1.165, 1.54) is 31.4 Å². The second-order valence-corrected chi connectivity index (χ2v) is 5.96. The average molecular weight is 273 g/mol. The molecule has 0 spiro atoms. The Hall–Kier alpha value is -1.98. The van der Waals surface area contributed by atoms with Crippen LogP contribution in [0.4, 0.5) is 10.1 Å². The van der Waals surface area contributed by atoms with Gasteiger partial charge in [-0.15, -0.1) is 5.10 Å².